The van der Waals surface area contributed by atoms with Crippen molar-refractivity contribution in [3.63, 3.8) is 0 Å². The minimum Gasteiger partial charge on any atom is -0.382 e. The Labute approximate surface area is 172 Å². The van der Waals surface area contributed by atoms with Crippen LogP contribution in [0.25, 0.3) is 0 Å². The number of anilines is 3. The summed E-state index contributed by atoms with van der Waals surface area (Å²) < 4.78 is 0. The molecule has 0 radical (unpaired) electrons. The summed E-state index contributed by atoms with van der Waals surface area (Å²) in [6.45, 7) is 0.463. The van der Waals surface area contributed by atoms with Gasteiger partial charge in [-0.05, 0) is 47.9 Å². The van der Waals surface area contributed by atoms with Gasteiger partial charge in [0, 0.05) is 35.2 Å². The van der Waals surface area contributed by atoms with Crippen molar-refractivity contribution in [3.05, 3.63) is 76.7 Å². The van der Waals surface area contributed by atoms with Gasteiger partial charge >= 0.3 is 0 Å². The molecule has 3 aromatic rings. The van der Waals surface area contributed by atoms with Gasteiger partial charge in [-0.25, -0.2) is 9.97 Å². The molecule has 1 aromatic heterocycles. The van der Waals surface area contributed by atoms with Crippen LogP contribution < -0.4 is 16.0 Å². The molecule has 0 spiro atoms. The van der Waals surface area contributed by atoms with Crippen LogP contribution in [0.4, 0.5) is 17.2 Å². The number of hydrogen-bond acceptors (Lipinski definition) is 5. The molecule has 8 heteroatoms. The molecule has 7 nitrogen and oxygen atoms in total. The number of amides is 2. The Balaban J connectivity index is 1.56. The van der Waals surface area contributed by atoms with Crippen LogP contribution >= 0.6 is 11.6 Å². The molecule has 2 heterocycles. The summed E-state index contributed by atoms with van der Waals surface area (Å²) in [5.74, 6) is -0.292. The number of nitrogen functional groups attached to an aromatic ring is 1. The average Bonchev–Trinajstić information content (AvgIpc) is 2.72. The molecular weight excluding hydrogens is 390 g/mol. The molecule has 0 fully saturated rings. The standard InChI is InChI=1S/C21H18ClN5O2/c22-15-4-1-13(2-5-15)12-27-17-7-6-16(11-14(17)3-8-18(27)28)26-21(29)19-20(23)25-10-9-24-19/h1-2,4-7,9-11H,3,8,12H2,(H2,23,25)(H,26,29). The highest BCUT2D eigenvalue weighted by molar-refractivity contribution is 6.30. The lowest BCUT2D eigenvalue weighted by Crippen LogP contribution is -2.34. The maximum absolute atomic E-state index is 12.5. The Hall–Kier alpha value is -3.45. The van der Waals surface area contributed by atoms with Gasteiger partial charge in [-0.3, -0.25) is 9.59 Å². The summed E-state index contributed by atoms with van der Waals surface area (Å²) in [5, 5.41) is 3.45. The molecule has 1 aliphatic rings. The SMILES string of the molecule is Nc1nccnc1C(=O)Nc1ccc2c(c1)CCC(=O)N2Cc1ccc(Cl)cc1. The Morgan fingerprint density at radius 3 is 2.62 bits per heavy atom. The molecule has 0 unspecified atom stereocenters. The number of carbonyl (C=O) groups excluding carboxylic acids is 2. The van der Waals surface area contributed by atoms with E-state index in [0.29, 0.717) is 30.1 Å². The van der Waals surface area contributed by atoms with Crippen molar-refractivity contribution in [1.29, 1.82) is 0 Å². The van der Waals surface area contributed by atoms with Gasteiger partial charge in [0.15, 0.2) is 11.5 Å². The highest BCUT2D eigenvalue weighted by atomic mass is 35.5. The van der Waals surface area contributed by atoms with Gasteiger partial charge in [-0.15, -0.1) is 0 Å². The van der Waals surface area contributed by atoms with Crippen molar-refractivity contribution in [2.24, 2.45) is 0 Å². The van der Waals surface area contributed by atoms with Crippen molar-refractivity contribution in [1.82, 2.24) is 9.97 Å². The summed E-state index contributed by atoms with van der Waals surface area (Å²) in [6.07, 6.45) is 3.87. The quantitative estimate of drug-likeness (QED) is 0.689. The van der Waals surface area contributed by atoms with Gasteiger partial charge in [-0.1, -0.05) is 23.7 Å². The van der Waals surface area contributed by atoms with Crippen LogP contribution in [-0.2, 0) is 17.8 Å². The largest absolute Gasteiger partial charge is 0.382 e. The predicted molar refractivity (Wildman–Crippen MR) is 112 cm³/mol. The fourth-order valence-electron chi connectivity index (χ4n) is 3.30. The Morgan fingerprint density at radius 1 is 1.10 bits per heavy atom. The highest BCUT2D eigenvalue weighted by Crippen LogP contribution is 2.32. The van der Waals surface area contributed by atoms with E-state index < -0.39 is 5.91 Å². The minimum absolute atomic E-state index is 0.0663. The Bertz CT molecular complexity index is 1080. The first-order chi connectivity index (χ1) is 14.0. The number of nitrogens with two attached hydrogens (primary N) is 1. The lowest BCUT2D eigenvalue weighted by molar-refractivity contribution is -0.119. The van der Waals surface area contributed by atoms with E-state index >= 15 is 0 Å². The predicted octanol–water partition coefficient (Wildman–Crippen LogP) is 3.44. The van der Waals surface area contributed by atoms with Gasteiger partial charge in [0.1, 0.15) is 0 Å². The third kappa shape index (κ3) is 4.05. The fraction of sp³-hybridized carbons (Fsp3) is 0.143. The topological polar surface area (TPSA) is 101 Å². The fourth-order valence-corrected chi connectivity index (χ4v) is 3.42. The summed E-state index contributed by atoms with van der Waals surface area (Å²) in [5.41, 5.74) is 9.22. The van der Waals surface area contributed by atoms with Crippen LogP contribution in [0.5, 0.6) is 0 Å². The first-order valence-electron chi connectivity index (χ1n) is 9.07. The molecule has 1 aliphatic heterocycles. The number of fused-ring (bicyclic) bond motifs is 1. The maximum Gasteiger partial charge on any atom is 0.278 e. The van der Waals surface area contributed by atoms with Crippen LogP contribution in [-0.4, -0.2) is 21.8 Å². The molecule has 2 amide bonds. The number of hydrogen-bond donors (Lipinski definition) is 2. The number of rotatable bonds is 4. The number of benzene rings is 2. The summed E-state index contributed by atoms with van der Waals surface area (Å²) in [7, 11) is 0. The number of nitrogens with one attached hydrogen (secondary N) is 1. The minimum atomic E-state index is -0.430. The molecule has 3 N–H and O–H groups in total. The van der Waals surface area contributed by atoms with E-state index in [1.807, 2.05) is 36.4 Å². The molecule has 0 aliphatic carbocycles. The van der Waals surface area contributed by atoms with E-state index in [0.717, 1.165) is 16.8 Å². The van der Waals surface area contributed by atoms with E-state index in [2.05, 4.69) is 15.3 Å². The summed E-state index contributed by atoms with van der Waals surface area (Å²) in [4.78, 5) is 34.5. The van der Waals surface area contributed by atoms with Crippen LogP contribution in [0, 0.1) is 0 Å². The smallest absolute Gasteiger partial charge is 0.278 e. The van der Waals surface area contributed by atoms with Gasteiger partial charge < -0.3 is 16.0 Å². The molecule has 4 rings (SSSR count). The lowest BCUT2D eigenvalue weighted by Gasteiger charge is -2.30. The van der Waals surface area contributed by atoms with Gasteiger partial charge in [0.2, 0.25) is 5.91 Å². The Morgan fingerprint density at radius 2 is 1.86 bits per heavy atom. The van der Waals surface area contributed by atoms with Crippen LogP contribution in [0.15, 0.2) is 54.9 Å². The van der Waals surface area contributed by atoms with Crippen LogP contribution in [0.1, 0.15) is 28.0 Å². The normalized spacial score (nSPS) is 13.1. The molecule has 0 saturated carbocycles. The van der Waals surface area contributed by atoms with Crippen molar-refractivity contribution >= 4 is 40.6 Å². The van der Waals surface area contributed by atoms with Crippen LogP contribution in [0.2, 0.25) is 5.02 Å². The van der Waals surface area contributed by atoms with E-state index in [4.69, 9.17) is 17.3 Å². The van der Waals surface area contributed by atoms with Gasteiger partial charge in [-0.2, -0.15) is 0 Å². The molecule has 0 saturated heterocycles. The number of aromatic nitrogens is 2. The molecule has 29 heavy (non-hydrogen) atoms. The first kappa shape index (κ1) is 18.9. The average molecular weight is 408 g/mol. The molecule has 0 bridgehead atoms. The molecule has 0 atom stereocenters. The first-order valence-corrected chi connectivity index (χ1v) is 9.44. The lowest BCUT2D eigenvalue weighted by atomic mass is 9.99. The zero-order chi connectivity index (χ0) is 20.4. The third-order valence-electron chi connectivity index (χ3n) is 4.73. The van der Waals surface area contributed by atoms with Crippen LogP contribution in [0.3, 0.4) is 0 Å². The van der Waals surface area contributed by atoms with E-state index in [1.165, 1.54) is 12.4 Å². The number of carbonyl (C=O) groups is 2. The van der Waals surface area contributed by atoms with Crippen molar-refractivity contribution < 1.29 is 9.59 Å². The summed E-state index contributed by atoms with van der Waals surface area (Å²) in [6, 6.07) is 12.9. The van der Waals surface area contributed by atoms with Crippen molar-refractivity contribution in [2.75, 3.05) is 16.0 Å². The third-order valence-corrected chi connectivity index (χ3v) is 4.98. The zero-order valence-electron chi connectivity index (χ0n) is 15.4. The van der Waals surface area contributed by atoms with Gasteiger partial charge in [0.25, 0.3) is 5.91 Å². The molecule has 2 aromatic carbocycles. The highest BCUT2D eigenvalue weighted by Gasteiger charge is 2.25. The number of halogens is 1. The molecule has 146 valence electrons. The van der Waals surface area contributed by atoms with E-state index in [1.54, 1.807) is 11.0 Å². The number of nitrogens with zero attached hydrogens (tertiary/aromatic N) is 3. The molecular formula is C21H18ClN5O2. The summed E-state index contributed by atoms with van der Waals surface area (Å²) >= 11 is 5.95. The van der Waals surface area contributed by atoms with Crippen molar-refractivity contribution in [3.8, 4) is 0 Å². The Kier molecular flexibility index (Phi) is 5.14. The second-order valence-electron chi connectivity index (χ2n) is 6.69. The van der Waals surface area contributed by atoms with Gasteiger partial charge in [0.05, 0.1) is 6.54 Å². The van der Waals surface area contributed by atoms with E-state index in [-0.39, 0.29) is 17.4 Å². The second kappa shape index (κ2) is 7.89. The zero-order valence-corrected chi connectivity index (χ0v) is 16.2. The second-order valence-corrected chi connectivity index (χ2v) is 7.13. The maximum atomic E-state index is 12.5. The monoisotopic (exact) mass is 407 g/mol. The number of aryl methyl sites for hydroxylation is 1. The van der Waals surface area contributed by atoms with Crippen molar-refractivity contribution in [2.45, 2.75) is 19.4 Å². The van der Waals surface area contributed by atoms with E-state index in [9.17, 15) is 9.59 Å².